The van der Waals surface area contributed by atoms with Crippen LogP contribution < -0.4 is 10.9 Å². The van der Waals surface area contributed by atoms with E-state index in [0.717, 1.165) is 20.5 Å². The minimum absolute atomic E-state index is 0.0185. The first kappa shape index (κ1) is 19.4. The maximum Gasteiger partial charge on any atom is 0.336 e. The van der Waals surface area contributed by atoms with Crippen molar-refractivity contribution in [1.82, 2.24) is 10.2 Å². The van der Waals surface area contributed by atoms with Crippen molar-refractivity contribution in [3.8, 4) is 0 Å². The van der Waals surface area contributed by atoms with Crippen LogP contribution in [-0.2, 0) is 16.9 Å². The number of hydrogen-bond acceptors (Lipinski definition) is 4. The Morgan fingerprint density at radius 3 is 2.55 bits per heavy atom. The number of hydrogen-bond donors (Lipinski definition) is 1. The van der Waals surface area contributed by atoms with Gasteiger partial charge in [0.1, 0.15) is 11.1 Å². The van der Waals surface area contributed by atoms with Gasteiger partial charge in [-0.05, 0) is 43.5 Å². The van der Waals surface area contributed by atoms with E-state index in [0.29, 0.717) is 22.1 Å². The van der Waals surface area contributed by atoms with E-state index in [-0.39, 0.29) is 12.5 Å². The van der Waals surface area contributed by atoms with Crippen LogP contribution in [0.5, 0.6) is 0 Å². The van der Waals surface area contributed by atoms with Crippen molar-refractivity contribution in [2.45, 2.75) is 32.9 Å². The summed E-state index contributed by atoms with van der Waals surface area (Å²) in [4.78, 5) is 39.2. The molecule has 7 heteroatoms. The molecule has 1 N–H and O–H groups in total. The van der Waals surface area contributed by atoms with Crippen molar-refractivity contribution >= 4 is 38.8 Å². The molecule has 2 heterocycles. The number of aryl methyl sites for hydroxylation is 2. The van der Waals surface area contributed by atoms with E-state index in [4.69, 9.17) is 4.42 Å². The molecule has 0 saturated carbocycles. The molecule has 1 aliphatic rings. The fourth-order valence-corrected chi connectivity index (χ4v) is 4.40. The molecule has 3 amide bonds. The summed E-state index contributed by atoms with van der Waals surface area (Å²) in [6.45, 7) is 5.47. The monoisotopic (exact) mass is 454 g/mol. The van der Waals surface area contributed by atoms with E-state index in [9.17, 15) is 14.4 Å². The molecule has 0 unspecified atom stereocenters. The largest absolute Gasteiger partial charge is 0.422 e. The van der Waals surface area contributed by atoms with Crippen LogP contribution in [-0.4, -0.2) is 16.8 Å². The number of urea groups is 1. The van der Waals surface area contributed by atoms with E-state index in [1.165, 1.54) is 6.07 Å². The number of benzene rings is 2. The minimum atomic E-state index is -1.20. The zero-order chi connectivity index (χ0) is 20.9. The summed E-state index contributed by atoms with van der Waals surface area (Å²) in [6, 6.07) is 11.9. The number of fused-ring (bicyclic) bond motifs is 1. The third-order valence-corrected chi connectivity index (χ3v) is 6.22. The predicted molar refractivity (Wildman–Crippen MR) is 113 cm³/mol. The van der Waals surface area contributed by atoms with Crippen LogP contribution in [0.2, 0.25) is 0 Å². The Labute approximate surface area is 175 Å². The standard InChI is InChI=1S/C22H19BrN2O4/c1-12-8-9-15-14(10-18(26)29-19(15)13(12)2)11-25-20(27)22(3,24-21(25)28)16-6-4-5-7-17(16)23/h4-10H,11H2,1-3H3,(H,24,28)/t22-/m0/s1. The molecule has 6 nitrogen and oxygen atoms in total. The highest BCUT2D eigenvalue weighted by Gasteiger charge is 2.49. The van der Waals surface area contributed by atoms with Gasteiger partial charge >= 0.3 is 11.7 Å². The highest BCUT2D eigenvalue weighted by atomic mass is 79.9. The van der Waals surface area contributed by atoms with E-state index in [1.807, 2.05) is 44.2 Å². The number of amides is 3. The third kappa shape index (κ3) is 3.06. The Morgan fingerprint density at radius 2 is 1.83 bits per heavy atom. The van der Waals surface area contributed by atoms with Crippen LogP contribution in [0, 0.1) is 13.8 Å². The number of imide groups is 1. The number of rotatable bonds is 3. The van der Waals surface area contributed by atoms with Gasteiger partial charge in [0.05, 0.1) is 6.54 Å². The maximum absolute atomic E-state index is 13.3. The molecule has 0 radical (unpaired) electrons. The van der Waals surface area contributed by atoms with Gasteiger partial charge in [0.2, 0.25) is 0 Å². The second-order valence-electron chi connectivity index (χ2n) is 7.40. The van der Waals surface area contributed by atoms with Crippen molar-refractivity contribution in [2.24, 2.45) is 0 Å². The summed E-state index contributed by atoms with van der Waals surface area (Å²) >= 11 is 3.46. The quantitative estimate of drug-likeness (QED) is 0.476. The summed E-state index contributed by atoms with van der Waals surface area (Å²) in [5.41, 5.74) is 1.86. The van der Waals surface area contributed by atoms with Gasteiger partial charge in [-0.1, -0.05) is 46.3 Å². The van der Waals surface area contributed by atoms with E-state index < -0.39 is 17.2 Å². The topological polar surface area (TPSA) is 79.6 Å². The minimum Gasteiger partial charge on any atom is -0.422 e. The summed E-state index contributed by atoms with van der Waals surface area (Å²) in [7, 11) is 0. The van der Waals surface area contributed by atoms with Crippen molar-refractivity contribution in [2.75, 3.05) is 0 Å². The Morgan fingerprint density at radius 1 is 1.10 bits per heavy atom. The van der Waals surface area contributed by atoms with E-state index >= 15 is 0 Å². The fourth-order valence-electron chi connectivity index (χ4n) is 3.72. The average Bonchev–Trinajstić information content (AvgIpc) is 2.89. The average molecular weight is 455 g/mol. The molecular weight excluding hydrogens is 436 g/mol. The molecule has 1 aliphatic heterocycles. The lowest BCUT2D eigenvalue weighted by atomic mass is 9.92. The van der Waals surface area contributed by atoms with Crippen molar-refractivity contribution in [1.29, 1.82) is 0 Å². The van der Waals surface area contributed by atoms with Crippen molar-refractivity contribution in [3.05, 3.63) is 79.6 Å². The zero-order valence-corrected chi connectivity index (χ0v) is 17.8. The molecule has 1 fully saturated rings. The van der Waals surface area contributed by atoms with Crippen LogP contribution in [0.1, 0.15) is 29.2 Å². The normalized spacial score (nSPS) is 19.1. The van der Waals surface area contributed by atoms with Crippen LogP contribution in [0.25, 0.3) is 11.0 Å². The number of halogens is 1. The molecule has 0 bridgehead atoms. The van der Waals surface area contributed by atoms with Gasteiger partial charge in [-0.3, -0.25) is 9.69 Å². The molecular formula is C22H19BrN2O4. The van der Waals surface area contributed by atoms with Gasteiger partial charge in [-0.15, -0.1) is 0 Å². The molecule has 0 aliphatic carbocycles. The molecule has 1 atom stereocenters. The fraction of sp³-hybridized carbons (Fsp3) is 0.227. The molecule has 1 saturated heterocycles. The van der Waals surface area contributed by atoms with Gasteiger partial charge in [-0.2, -0.15) is 0 Å². The van der Waals surface area contributed by atoms with Crippen molar-refractivity contribution < 1.29 is 14.0 Å². The third-order valence-electron chi connectivity index (χ3n) is 5.53. The number of nitrogens with one attached hydrogen (secondary N) is 1. The lowest BCUT2D eigenvalue weighted by Gasteiger charge is -2.23. The molecule has 0 spiro atoms. The lowest BCUT2D eigenvalue weighted by Crippen LogP contribution is -2.41. The highest BCUT2D eigenvalue weighted by molar-refractivity contribution is 9.10. The molecule has 1 aromatic heterocycles. The smallest absolute Gasteiger partial charge is 0.336 e. The first-order valence-electron chi connectivity index (χ1n) is 9.14. The number of carbonyl (C=O) groups is 2. The predicted octanol–water partition coefficient (Wildman–Crippen LogP) is 4.14. The first-order chi connectivity index (χ1) is 13.7. The SMILES string of the molecule is Cc1ccc2c(CN3C(=O)N[C@@](C)(c4ccccc4Br)C3=O)cc(=O)oc2c1C. The summed E-state index contributed by atoms with van der Waals surface area (Å²) in [6.07, 6.45) is 0. The first-order valence-corrected chi connectivity index (χ1v) is 9.93. The Balaban J connectivity index is 1.77. The second-order valence-corrected chi connectivity index (χ2v) is 8.26. The van der Waals surface area contributed by atoms with Crippen LogP contribution in [0.15, 0.2) is 56.1 Å². The van der Waals surface area contributed by atoms with Crippen molar-refractivity contribution in [3.63, 3.8) is 0 Å². The Kier molecular flexibility index (Phi) is 4.58. The van der Waals surface area contributed by atoms with Gasteiger partial charge in [0.25, 0.3) is 5.91 Å². The van der Waals surface area contributed by atoms with Gasteiger partial charge in [-0.25, -0.2) is 9.59 Å². The molecule has 3 aromatic rings. The van der Waals surface area contributed by atoms with Crippen LogP contribution in [0.3, 0.4) is 0 Å². The van der Waals surface area contributed by atoms with Gasteiger partial charge in [0, 0.05) is 21.5 Å². The lowest BCUT2D eigenvalue weighted by molar-refractivity contribution is -0.131. The molecule has 148 valence electrons. The number of nitrogens with zero attached hydrogens (tertiary/aromatic N) is 1. The number of carbonyl (C=O) groups excluding carboxylic acids is 2. The summed E-state index contributed by atoms with van der Waals surface area (Å²) in [5, 5.41) is 3.51. The van der Waals surface area contributed by atoms with Crippen LogP contribution >= 0.6 is 15.9 Å². The van der Waals surface area contributed by atoms with Crippen LogP contribution in [0.4, 0.5) is 4.79 Å². The maximum atomic E-state index is 13.3. The second kappa shape index (κ2) is 6.84. The Bertz CT molecular complexity index is 1230. The molecule has 29 heavy (non-hydrogen) atoms. The zero-order valence-electron chi connectivity index (χ0n) is 16.2. The summed E-state index contributed by atoms with van der Waals surface area (Å²) in [5.74, 6) is -0.375. The van der Waals surface area contributed by atoms with Gasteiger partial charge < -0.3 is 9.73 Å². The molecule has 4 rings (SSSR count). The van der Waals surface area contributed by atoms with E-state index in [1.54, 1.807) is 13.0 Å². The van der Waals surface area contributed by atoms with E-state index in [2.05, 4.69) is 21.2 Å². The summed E-state index contributed by atoms with van der Waals surface area (Å²) < 4.78 is 6.12. The van der Waals surface area contributed by atoms with Gasteiger partial charge in [0.15, 0.2) is 0 Å². The highest BCUT2D eigenvalue weighted by Crippen LogP contribution is 2.35. The Hall–Kier alpha value is -2.93. The molecule has 2 aromatic carbocycles.